The summed E-state index contributed by atoms with van der Waals surface area (Å²) in [4.78, 5) is 76.1. The van der Waals surface area contributed by atoms with Gasteiger partial charge in [-0.1, -0.05) is 11.8 Å². The number of piperidine rings is 2. The quantitative estimate of drug-likeness (QED) is 0.178. The predicted molar refractivity (Wildman–Crippen MR) is 201 cm³/mol. The molecule has 0 radical (unpaired) electrons. The third kappa shape index (κ3) is 8.60. The zero-order chi connectivity index (χ0) is 38.6. The molecule has 7 rings (SSSR count). The molecule has 0 spiro atoms. The molecule has 0 bridgehead atoms. The van der Waals surface area contributed by atoms with Crippen LogP contribution in [0.2, 0.25) is 0 Å². The second-order valence-corrected chi connectivity index (χ2v) is 14.9. The van der Waals surface area contributed by atoms with E-state index in [1.165, 1.54) is 17.4 Å². The number of rotatable bonds is 9. The van der Waals surface area contributed by atoms with Gasteiger partial charge >= 0.3 is 6.03 Å². The Labute approximate surface area is 320 Å². The fraction of sp³-hybridized carbons (Fsp3) is 0.444. The lowest BCUT2D eigenvalue weighted by Crippen LogP contribution is -2.52. The highest BCUT2D eigenvalue weighted by Gasteiger charge is 2.35. The summed E-state index contributed by atoms with van der Waals surface area (Å²) in [5, 5.41) is 16.1. The van der Waals surface area contributed by atoms with Crippen LogP contribution in [0.15, 0.2) is 30.3 Å². The highest BCUT2D eigenvalue weighted by Crippen LogP contribution is 2.28. The van der Waals surface area contributed by atoms with E-state index in [1.54, 1.807) is 36.2 Å². The number of primary amides is 1. The highest BCUT2D eigenvalue weighted by atomic mass is 32.1. The van der Waals surface area contributed by atoms with E-state index in [0.717, 1.165) is 12.8 Å². The Morgan fingerprint density at radius 1 is 1.02 bits per heavy atom. The Kier molecular flexibility index (Phi) is 11.1. The van der Waals surface area contributed by atoms with Gasteiger partial charge in [0.2, 0.25) is 17.8 Å². The van der Waals surface area contributed by atoms with E-state index in [-0.39, 0.29) is 54.2 Å². The monoisotopic (exact) mass is 772 g/mol. The fourth-order valence-electron chi connectivity index (χ4n) is 7.05. The molecule has 4 fully saturated rings. The zero-order valence-corrected chi connectivity index (χ0v) is 31.0. The van der Waals surface area contributed by atoms with E-state index in [1.807, 2.05) is 14.7 Å². The maximum atomic E-state index is 15.6. The van der Waals surface area contributed by atoms with Crippen molar-refractivity contribution in [1.29, 1.82) is 0 Å². The summed E-state index contributed by atoms with van der Waals surface area (Å²) in [6.07, 6.45) is 2.13. The van der Waals surface area contributed by atoms with Gasteiger partial charge in [0.1, 0.15) is 11.9 Å². The lowest BCUT2D eigenvalue weighted by atomic mass is 10.0. The number of amides is 6. The van der Waals surface area contributed by atoms with Crippen LogP contribution in [0, 0.1) is 17.7 Å². The van der Waals surface area contributed by atoms with Gasteiger partial charge in [-0.15, -0.1) is 21.5 Å². The number of urea groups is 1. The Morgan fingerprint density at radius 3 is 2.56 bits per heavy atom. The summed E-state index contributed by atoms with van der Waals surface area (Å²) in [6, 6.07) is 7.39. The topological polar surface area (TPSA) is 202 Å². The molecule has 5 N–H and O–H groups in total. The van der Waals surface area contributed by atoms with E-state index < -0.39 is 23.7 Å². The molecule has 2 unspecified atom stereocenters. The molecule has 19 heteroatoms. The van der Waals surface area contributed by atoms with Crippen LogP contribution in [0.5, 0.6) is 0 Å². The van der Waals surface area contributed by atoms with E-state index in [9.17, 15) is 24.0 Å². The molecule has 6 heterocycles. The number of aromatic nitrogens is 3. The number of piperazine rings is 1. The van der Waals surface area contributed by atoms with Gasteiger partial charge in [0.25, 0.3) is 11.8 Å². The lowest BCUT2D eigenvalue weighted by molar-refractivity contribution is -0.134. The van der Waals surface area contributed by atoms with Crippen molar-refractivity contribution in [2.75, 3.05) is 81.1 Å². The first-order valence-corrected chi connectivity index (χ1v) is 18.9. The minimum atomic E-state index is -0.828. The average molecular weight is 773 g/mol. The molecule has 2 atom stereocenters. The van der Waals surface area contributed by atoms with Gasteiger partial charge in [-0.05, 0) is 49.6 Å². The molecule has 1 aromatic carbocycles. The molecule has 0 saturated carbocycles. The first-order chi connectivity index (χ1) is 26.5. The fourth-order valence-corrected chi connectivity index (χ4v) is 7.84. The van der Waals surface area contributed by atoms with Gasteiger partial charge in [0.15, 0.2) is 11.5 Å². The average Bonchev–Trinajstić information content (AvgIpc) is 3.79. The molecule has 4 aliphatic rings. The van der Waals surface area contributed by atoms with Crippen LogP contribution in [0.1, 0.15) is 50.7 Å². The molecule has 3 aromatic rings. The van der Waals surface area contributed by atoms with Gasteiger partial charge < -0.3 is 36.0 Å². The van der Waals surface area contributed by atoms with Gasteiger partial charge in [-0.25, -0.2) is 9.18 Å². The predicted octanol–water partition coefficient (Wildman–Crippen LogP) is 0.960. The third-order valence-corrected chi connectivity index (χ3v) is 11.1. The number of thiophene rings is 1. The minimum Gasteiger partial charge on any atom is -0.367 e. The first-order valence-electron chi connectivity index (χ1n) is 18.1. The SMILES string of the molecule is CN1CCN(C2CCCN(c3nnc(C(N)=O)c(Nc4ccc(N5CCN(CC#Cc6ccc(C(=O)NC7CCC(=O)NC7=O)s6)CC5)c(F)c4)n3)C2)C1=O. The van der Waals surface area contributed by atoms with Crippen LogP contribution >= 0.6 is 11.3 Å². The summed E-state index contributed by atoms with van der Waals surface area (Å²) >= 11 is 1.23. The summed E-state index contributed by atoms with van der Waals surface area (Å²) in [5.74, 6) is 4.09. The molecule has 288 valence electrons. The van der Waals surface area contributed by atoms with Crippen molar-refractivity contribution in [3.8, 4) is 11.8 Å². The number of halogens is 1. The number of carbonyl (C=O) groups is 5. The van der Waals surface area contributed by atoms with Crippen LogP contribution in [-0.2, 0) is 9.59 Å². The van der Waals surface area contributed by atoms with Crippen molar-refractivity contribution >= 4 is 64.1 Å². The maximum Gasteiger partial charge on any atom is 0.320 e. The summed E-state index contributed by atoms with van der Waals surface area (Å²) in [6.45, 7) is 5.49. The molecule has 55 heavy (non-hydrogen) atoms. The van der Waals surface area contributed by atoms with Crippen molar-refractivity contribution in [2.24, 2.45) is 5.73 Å². The number of hydrogen-bond acceptors (Lipinski definition) is 13. The summed E-state index contributed by atoms with van der Waals surface area (Å²) in [5.41, 5.74) is 6.21. The van der Waals surface area contributed by atoms with Crippen molar-refractivity contribution in [3.05, 3.63) is 51.6 Å². The Balaban J connectivity index is 0.923. The lowest BCUT2D eigenvalue weighted by Gasteiger charge is -2.37. The Bertz CT molecular complexity index is 2060. The maximum absolute atomic E-state index is 15.6. The van der Waals surface area contributed by atoms with Gasteiger partial charge in [-0.2, -0.15) is 4.98 Å². The number of benzene rings is 1. The molecular formula is C36H41FN12O5S. The number of nitrogens with two attached hydrogens (primary N) is 1. The van der Waals surface area contributed by atoms with Crippen molar-refractivity contribution < 1.29 is 28.4 Å². The largest absolute Gasteiger partial charge is 0.367 e. The van der Waals surface area contributed by atoms with E-state index in [2.05, 4.69) is 47.9 Å². The van der Waals surface area contributed by atoms with Crippen LogP contribution in [0.25, 0.3) is 0 Å². The Morgan fingerprint density at radius 2 is 1.84 bits per heavy atom. The van der Waals surface area contributed by atoms with Crippen molar-refractivity contribution in [3.63, 3.8) is 0 Å². The molecule has 0 aliphatic carbocycles. The number of hydrogen-bond donors (Lipinski definition) is 4. The van der Waals surface area contributed by atoms with E-state index >= 15 is 4.39 Å². The second-order valence-electron chi connectivity index (χ2n) is 13.8. The smallest absolute Gasteiger partial charge is 0.320 e. The number of carbonyl (C=O) groups excluding carboxylic acids is 5. The molecule has 4 saturated heterocycles. The molecule has 17 nitrogen and oxygen atoms in total. The number of nitrogens with zero attached hydrogens (tertiary/aromatic N) is 8. The highest BCUT2D eigenvalue weighted by molar-refractivity contribution is 7.14. The summed E-state index contributed by atoms with van der Waals surface area (Å²) < 4.78 is 15.6. The molecular weight excluding hydrogens is 732 g/mol. The first kappa shape index (κ1) is 37.4. The molecule has 4 aliphatic heterocycles. The van der Waals surface area contributed by atoms with Crippen LogP contribution in [-0.4, -0.2) is 138 Å². The van der Waals surface area contributed by atoms with Crippen LogP contribution in [0.3, 0.4) is 0 Å². The van der Waals surface area contributed by atoms with Crippen molar-refractivity contribution in [2.45, 2.75) is 37.8 Å². The number of nitrogens with one attached hydrogen (secondary N) is 3. The number of anilines is 4. The van der Waals surface area contributed by atoms with E-state index in [4.69, 9.17) is 5.73 Å². The molecule has 2 aromatic heterocycles. The van der Waals surface area contributed by atoms with Crippen molar-refractivity contribution in [1.82, 2.24) is 40.5 Å². The molecule has 6 amide bonds. The van der Waals surface area contributed by atoms with Crippen LogP contribution in [0.4, 0.5) is 32.3 Å². The Hall–Kier alpha value is -5.87. The van der Waals surface area contributed by atoms with Gasteiger partial charge in [-0.3, -0.25) is 29.4 Å². The van der Waals surface area contributed by atoms with E-state index in [0.29, 0.717) is 80.0 Å². The summed E-state index contributed by atoms with van der Waals surface area (Å²) in [7, 11) is 1.79. The standard InChI is InChI=1S/C36H41FN12O5S/c1-45-14-19-49(36(45)54)23-4-2-13-48(21-23)35-42-32(30(31(38)51)43-44-35)39-22-6-9-27(25(37)20-22)47-17-15-46(16-18-47)12-3-5-24-7-10-28(55-24)34(53)40-26-8-11-29(50)41-33(26)52/h6-7,9-10,20,23,26H,2,4,8,11-19,21H2,1H3,(H2,38,51)(H,40,53)(H,39,42,44)(H,41,50,52). The number of likely N-dealkylation sites (N-methyl/N-ethyl adjacent to an activating group) is 1. The zero-order valence-electron chi connectivity index (χ0n) is 30.2. The minimum absolute atomic E-state index is 0.0000388. The van der Waals surface area contributed by atoms with Crippen LogP contribution < -0.4 is 31.5 Å². The number of imide groups is 1. The van der Waals surface area contributed by atoms with Gasteiger partial charge in [0.05, 0.1) is 28.0 Å². The second kappa shape index (κ2) is 16.2. The third-order valence-electron chi connectivity index (χ3n) is 10.1. The van der Waals surface area contributed by atoms with Gasteiger partial charge in [0, 0.05) is 71.5 Å². The normalized spacial score (nSPS) is 20.6.